The lowest BCUT2D eigenvalue weighted by Gasteiger charge is -2.58. The van der Waals surface area contributed by atoms with E-state index in [1.807, 2.05) is 50.5 Å². The monoisotopic (exact) mass is 767 g/mol. The molecular weight excluding hydrogens is 720 g/mol. The molecule has 53 heavy (non-hydrogen) atoms. The minimum Gasteiger partial charge on any atom is -0.434 e. The molecular formula is C39H48F3N5O4SSi. The maximum absolute atomic E-state index is 16.5. The van der Waals surface area contributed by atoms with Crippen molar-refractivity contribution in [1.29, 1.82) is 0 Å². The Labute approximate surface area is 312 Å². The smallest absolute Gasteiger partial charge is 0.387 e. The number of nitrogens with one attached hydrogen (secondary N) is 1. The Morgan fingerprint density at radius 2 is 1.74 bits per heavy atom. The van der Waals surface area contributed by atoms with Crippen molar-refractivity contribution in [1.82, 2.24) is 24.2 Å². The van der Waals surface area contributed by atoms with E-state index in [4.69, 9.17) is 19.1 Å². The van der Waals surface area contributed by atoms with Gasteiger partial charge in [0.1, 0.15) is 17.4 Å². The molecule has 284 valence electrons. The van der Waals surface area contributed by atoms with E-state index in [1.54, 1.807) is 30.3 Å². The Kier molecular flexibility index (Phi) is 8.87. The van der Waals surface area contributed by atoms with Gasteiger partial charge in [0.25, 0.3) is 5.91 Å². The van der Waals surface area contributed by atoms with Gasteiger partial charge in [-0.1, -0.05) is 32.9 Å². The van der Waals surface area contributed by atoms with Gasteiger partial charge in [-0.15, -0.1) is 0 Å². The number of rotatable bonds is 8. The van der Waals surface area contributed by atoms with Crippen molar-refractivity contribution in [3.63, 3.8) is 0 Å². The molecule has 0 saturated heterocycles. The van der Waals surface area contributed by atoms with E-state index in [0.717, 1.165) is 0 Å². The quantitative estimate of drug-likeness (QED) is 0.180. The number of carbonyl (C=O) groups is 1. The molecule has 4 heterocycles. The molecule has 1 saturated carbocycles. The third kappa shape index (κ3) is 6.32. The van der Waals surface area contributed by atoms with Crippen LogP contribution in [0.5, 0.6) is 5.75 Å². The average molecular weight is 768 g/mol. The fourth-order valence-corrected chi connectivity index (χ4v) is 10.7. The number of carbonyl (C=O) groups excluding carboxylic acids is 1. The summed E-state index contributed by atoms with van der Waals surface area (Å²) in [7, 11) is -1.99. The molecule has 2 aromatic heterocycles. The summed E-state index contributed by atoms with van der Waals surface area (Å²) in [5.74, 6) is -0.216. The molecule has 1 N–H and O–H groups in total. The van der Waals surface area contributed by atoms with E-state index in [2.05, 4.69) is 38.6 Å². The number of ether oxygens (including phenoxy) is 1. The zero-order chi connectivity index (χ0) is 38.6. The molecule has 4 aromatic rings. The molecule has 2 aliphatic heterocycles. The van der Waals surface area contributed by atoms with E-state index in [9.17, 15) is 17.8 Å². The summed E-state index contributed by atoms with van der Waals surface area (Å²) in [5, 5.41) is -0.0195. The zero-order valence-electron chi connectivity index (χ0n) is 31.9. The molecule has 0 unspecified atom stereocenters. The Morgan fingerprint density at radius 3 is 2.36 bits per heavy atom. The highest BCUT2D eigenvalue weighted by Crippen LogP contribution is 2.55. The summed E-state index contributed by atoms with van der Waals surface area (Å²) in [6.45, 7) is 15.5. The molecule has 1 fully saturated rings. The largest absolute Gasteiger partial charge is 0.434 e. The van der Waals surface area contributed by atoms with Crippen molar-refractivity contribution in [2.24, 2.45) is 0 Å². The lowest BCUT2D eigenvalue weighted by atomic mass is 9.64. The second-order valence-electron chi connectivity index (χ2n) is 17.6. The predicted octanol–water partition coefficient (Wildman–Crippen LogP) is 8.78. The van der Waals surface area contributed by atoms with Gasteiger partial charge in [0, 0.05) is 36.4 Å². The minimum absolute atomic E-state index is 0.0195. The molecule has 1 amide bonds. The van der Waals surface area contributed by atoms with Gasteiger partial charge in [0.15, 0.2) is 8.32 Å². The number of pyridine rings is 1. The molecule has 2 bridgehead atoms. The van der Waals surface area contributed by atoms with Crippen LogP contribution in [0.25, 0.3) is 22.2 Å². The van der Waals surface area contributed by atoms with Crippen LogP contribution in [-0.2, 0) is 21.0 Å². The van der Waals surface area contributed by atoms with Crippen LogP contribution in [0.2, 0.25) is 18.1 Å². The predicted molar refractivity (Wildman–Crippen MR) is 202 cm³/mol. The Balaban J connectivity index is 1.27. The number of hydrogen-bond donors (Lipinski definition) is 1. The van der Waals surface area contributed by atoms with E-state index in [0.29, 0.717) is 58.4 Å². The number of amides is 1. The van der Waals surface area contributed by atoms with Crippen molar-refractivity contribution in [2.45, 2.75) is 120 Å². The normalized spacial score (nSPS) is 24.9. The summed E-state index contributed by atoms with van der Waals surface area (Å²) >= 11 is 0. The molecule has 0 radical (unpaired) electrons. The number of hydrogen-bond acceptors (Lipinski definition) is 6. The van der Waals surface area contributed by atoms with Crippen molar-refractivity contribution in [3.8, 4) is 16.9 Å². The summed E-state index contributed by atoms with van der Waals surface area (Å²) in [5.41, 5.74) is 1.92. The fraction of sp³-hybridized carbons (Fsp3) is 0.513. The minimum atomic E-state index is -3.06. The third-order valence-corrected chi connectivity index (χ3v) is 17.8. The number of fused-ring (bicyclic) bond motifs is 9. The Bertz CT molecular complexity index is 2150. The van der Waals surface area contributed by atoms with Gasteiger partial charge in [-0.3, -0.25) is 9.78 Å². The lowest BCUT2D eigenvalue weighted by molar-refractivity contribution is -0.0715. The Hall–Kier alpha value is -3.59. The van der Waals surface area contributed by atoms with Gasteiger partial charge in [-0.2, -0.15) is 8.78 Å². The SMILES string of the molecule is CN1C(=O)c2cccc(OC(F)F)c2[C@H]2C[C@@H]1c1nc3ccc(-c4cnc(C5(N[S@@](=O)C(C)(C)C)CC(C)(O[Si](C)(C)C(C)(C)C)C5)c(F)c4)cc3n12. The maximum atomic E-state index is 16.5. The van der Waals surface area contributed by atoms with Crippen LogP contribution in [0, 0.1) is 5.82 Å². The standard InChI is InChI=1S/C39H48F3N5O4SSi/c1-36(2,3)52(49)45-39(20-38(7,21-39)51-53(9,10)37(4,5)6)32-25(40)16-23(19-43-32)22-14-15-26-27(17-22)47-28-18-29(33(47)44-26)46(8)34(48)24-12-11-13-30(31(24)28)50-35(41)42/h11-17,19,28-29,35,45H,18,20-21H2,1-10H3/t28-,29-,38?,39?,52+/m1/s1. The van der Waals surface area contributed by atoms with E-state index >= 15 is 4.39 Å². The van der Waals surface area contributed by atoms with Gasteiger partial charge in [-0.05, 0) is 94.6 Å². The number of imidazole rings is 1. The molecule has 0 spiro atoms. The average Bonchev–Trinajstić information content (AvgIpc) is 3.55. The van der Waals surface area contributed by atoms with Crippen molar-refractivity contribution < 1.29 is 31.3 Å². The van der Waals surface area contributed by atoms with Crippen LogP contribution < -0.4 is 9.46 Å². The van der Waals surface area contributed by atoms with E-state index in [1.165, 1.54) is 12.1 Å². The van der Waals surface area contributed by atoms with Gasteiger partial charge in [-0.25, -0.2) is 18.3 Å². The van der Waals surface area contributed by atoms with Crippen molar-refractivity contribution in [2.75, 3.05) is 7.05 Å². The molecule has 14 heteroatoms. The van der Waals surface area contributed by atoms with Gasteiger partial charge < -0.3 is 18.6 Å². The van der Waals surface area contributed by atoms with Crippen LogP contribution in [0.4, 0.5) is 13.2 Å². The van der Waals surface area contributed by atoms with Crippen LogP contribution in [0.1, 0.15) is 107 Å². The van der Waals surface area contributed by atoms with Crippen LogP contribution >= 0.6 is 0 Å². The number of nitrogens with zero attached hydrogens (tertiary/aromatic N) is 4. The fourth-order valence-electron chi connectivity index (χ4n) is 8.09. The molecule has 9 nitrogen and oxygen atoms in total. The van der Waals surface area contributed by atoms with Gasteiger partial charge >= 0.3 is 6.61 Å². The highest BCUT2D eigenvalue weighted by molar-refractivity contribution is 7.84. The highest BCUT2D eigenvalue weighted by atomic mass is 32.2. The summed E-state index contributed by atoms with van der Waals surface area (Å²) in [6.07, 6.45) is 2.89. The lowest BCUT2D eigenvalue weighted by Crippen LogP contribution is -2.66. The molecule has 2 aromatic carbocycles. The first-order valence-corrected chi connectivity index (χ1v) is 22.0. The number of benzene rings is 2. The highest BCUT2D eigenvalue weighted by Gasteiger charge is 2.59. The first-order valence-electron chi connectivity index (χ1n) is 18.0. The van der Waals surface area contributed by atoms with Gasteiger partial charge in [0.05, 0.1) is 55.7 Å². The topological polar surface area (TPSA) is 98.6 Å². The first kappa shape index (κ1) is 37.7. The molecule has 3 atom stereocenters. The third-order valence-electron chi connectivity index (χ3n) is 11.5. The van der Waals surface area contributed by atoms with Crippen molar-refractivity contribution in [3.05, 3.63) is 77.1 Å². The molecule has 1 aliphatic carbocycles. The Morgan fingerprint density at radius 1 is 1.04 bits per heavy atom. The second-order valence-corrected chi connectivity index (χ2v) is 24.3. The van der Waals surface area contributed by atoms with Crippen LogP contribution in [0.15, 0.2) is 48.7 Å². The van der Waals surface area contributed by atoms with Gasteiger partial charge in [0.2, 0.25) is 0 Å². The summed E-state index contributed by atoms with van der Waals surface area (Å²) < 4.78 is 73.6. The number of halogens is 3. The van der Waals surface area contributed by atoms with Crippen LogP contribution in [0.3, 0.4) is 0 Å². The van der Waals surface area contributed by atoms with Crippen LogP contribution in [-0.4, -0.2) is 61.9 Å². The van der Waals surface area contributed by atoms with E-state index in [-0.39, 0.29) is 28.4 Å². The van der Waals surface area contributed by atoms with E-state index < -0.39 is 53.7 Å². The molecule has 3 aliphatic rings. The van der Waals surface area contributed by atoms with Crippen molar-refractivity contribution >= 4 is 36.2 Å². The summed E-state index contributed by atoms with van der Waals surface area (Å²) in [4.78, 5) is 24.7. The maximum Gasteiger partial charge on any atom is 0.387 e. The first-order chi connectivity index (χ1) is 24.5. The molecule has 7 rings (SSSR count). The zero-order valence-corrected chi connectivity index (χ0v) is 33.8. The number of aromatic nitrogens is 3. The summed E-state index contributed by atoms with van der Waals surface area (Å²) in [6, 6.07) is 10.8. The second kappa shape index (κ2) is 12.5. The number of alkyl halides is 2.